The highest BCUT2D eigenvalue weighted by molar-refractivity contribution is 6.40. The van der Waals surface area contributed by atoms with Crippen LogP contribution in [0.25, 0.3) is 5.82 Å². The molecule has 15 N–H and O–H groups in total. The van der Waals surface area contributed by atoms with Crippen molar-refractivity contribution in [2.75, 3.05) is 5.34 Å². The van der Waals surface area contributed by atoms with Crippen LogP contribution >= 0.6 is 23.2 Å². The highest BCUT2D eigenvalue weighted by atomic mass is 35.5. The number of hydrogen-bond donors (Lipinski definition) is 12. The van der Waals surface area contributed by atoms with Crippen LogP contribution < -0.4 is 33.2 Å². The minimum absolute atomic E-state index is 0. The number of alkyl carbamates (subject to hydrolysis) is 3. The quantitative estimate of drug-likeness (QED) is 0.0175. The molecule has 6 aliphatic carbocycles. The predicted molar refractivity (Wildman–Crippen MR) is 462 cm³/mol. The number of alkyl halides is 5. The van der Waals surface area contributed by atoms with Gasteiger partial charge in [0.25, 0.3) is 0 Å². The number of nitrogens with zero attached hydrogens (tertiary/aromatic N) is 4. The van der Waals surface area contributed by atoms with Crippen LogP contribution in [-0.2, 0) is 19.0 Å². The Balaban J connectivity index is 0.000000339. The standard InChI is InChI=1S/C32H49N3O7.C22H33N3O3.C21H31NO3.C10H15N3O2.C2HF3O.CH2Cl2.CH4/c1-18-22(33-26(34-27(39)41-29(2,3)4)35-28(40)42-30(5,6)7)17-23-31(8,9)12-11-13-32(23,10)24(18)25(38)19-14-20(36)16-21(37)15-19;1-12-16(25-20(23)24)11-17-21(2,3)6-5-7-22(17,4)18(12)19(28)13-8-14(26)10-15(27)9-13;1-12-16(22)11-17-20(2,3)6-5-7-21(17,4)18(12)19(25)13-8-14(23)10-15(24)9-13;1-8(13-7-5-6-11-13)12-9(14)15-10(2,3)4;3-2(4,5)1-6;2-1-3;/h14-16,18,22-24,36-37H,11-13,17H2,1-10H3,(H2,33,34,35,39,40);8-10,12,16-18,26-27H,5-7,11H2,1-4H3,(H4,23,24,25);8-10,12,16-18,23-24H,5-7,11,22H2,1-4H3;5-7H,1H2,2-4H3,(H,12,14);1H;1H2;1H4/t18-,22-,23+,24-,32+;12-,16-,17+,18-,22+;12-,16-,17+,18-,21+;;;;/m111..../s1. The molecule has 0 saturated heterocycles. The van der Waals surface area contributed by atoms with Crippen molar-refractivity contribution in [1.29, 1.82) is 0 Å². The first-order valence-electron chi connectivity index (χ1n) is 40.5. The fourth-order valence-electron chi connectivity index (χ4n) is 20.1. The van der Waals surface area contributed by atoms with Crippen LogP contribution in [0.3, 0.4) is 0 Å². The molecule has 15 atom stereocenters. The Morgan fingerprint density at radius 3 is 1.08 bits per heavy atom. The fourth-order valence-corrected chi connectivity index (χ4v) is 20.1. The zero-order valence-corrected chi connectivity index (χ0v) is 74.5. The first-order chi connectivity index (χ1) is 54.5. The van der Waals surface area contributed by atoms with Crippen molar-refractivity contribution in [3.8, 4) is 34.5 Å². The van der Waals surface area contributed by atoms with E-state index in [9.17, 15) is 72.6 Å². The van der Waals surface area contributed by atoms with Crippen LogP contribution in [-0.4, -0.2) is 141 Å². The number of rotatable bonds is 10. The molecule has 0 unspecified atom stereocenters. The molecule has 0 aliphatic heterocycles. The Morgan fingerprint density at radius 1 is 0.525 bits per heavy atom. The summed E-state index contributed by atoms with van der Waals surface area (Å²) in [6.45, 7) is 45.8. The number of phenols is 6. The van der Waals surface area contributed by atoms with E-state index in [-0.39, 0.29) is 162 Å². The monoisotopic (exact) mass is 1730 g/mol. The molecule has 0 radical (unpaired) electrons. The SMILES string of the molecule is C.C=C(NC(=O)OC(C)(C)C)n1cccn1.C[C@@H]1[C@H](N)C[C@H]2C(C)(C)CCC[C@]2(C)[C@H]1C(=O)c1cc(O)cc(O)c1.C[C@@H]1[C@H](N=C(N)N)C[C@H]2C(C)(C)CCC[C@]2(C)[C@H]1C(=O)c1cc(O)cc(O)c1.C[C@@H]1[C@H](N=C(NC(=O)OC(C)(C)C)NC(=O)OC(C)(C)C)C[C@H]2C(C)(C)CCC[C@]2(C)[C@H]1C(=O)c1cc(O)cc(O)c1.ClCCl.O=CC(F)(F)F. The summed E-state index contributed by atoms with van der Waals surface area (Å²) < 4.78 is 48.6. The van der Waals surface area contributed by atoms with Crippen molar-refractivity contribution < 1.29 is 91.6 Å². The largest absolute Gasteiger partial charge is 0.508 e. The molecule has 6 fully saturated rings. The van der Waals surface area contributed by atoms with E-state index in [0.717, 1.165) is 64.2 Å². The number of aromatic hydroxyl groups is 6. The molecule has 4 aromatic rings. The molecule has 6 aliphatic rings. The summed E-state index contributed by atoms with van der Waals surface area (Å²) in [6, 6.07) is 13.4. The van der Waals surface area contributed by atoms with Gasteiger partial charge < -0.3 is 62.1 Å². The van der Waals surface area contributed by atoms with Gasteiger partial charge in [-0.2, -0.15) is 18.3 Å². The second-order valence-electron chi connectivity index (χ2n) is 38.6. The predicted octanol–water partition coefficient (Wildman–Crippen LogP) is 18.7. The van der Waals surface area contributed by atoms with Crippen LogP contribution in [0.2, 0.25) is 0 Å². The van der Waals surface area contributed by atoms with Crippen LogP contribution in [0.1, 0.15) is 261 Å². The highest BCUT2D eigenvalue weighted by Gasteiger charge is 2.62. The maximum absolute atomic E-state index is 14.2. The third kappa shape index (κ3) is 27.8. The molecule has 0 spiro atoms. The van der Waals surface area contributed by atoms with E-state index in [1.807, 2.05) is 13.8 Å². The van der Waals surface area contributed by atoms with E-state index in [1.54, 1.807) is 80.8 Å². The molecular formula is C89H135Cl2F3N10O16. The number of aliphatic imine (C=N–C) groups is 2. The van der Waals surface area contributed by atoms with Gasteiger partial charge in [-0.15, -0.1) is 23.2 Å². The van der Waals surface area contributed by atoms with Gasteiger partial charge in [-0.25, -0.2) is 29.1 Å². The lowest BCUT2D eigenvalue weighted by Crippen LogP contribution is -2.59. The Labute approximate surface area is 716 Å². The minimum Gasteiger partial charge on any atom is -0.508 e. The average Bonchev–Trinajstić information content (AvgIpc) is 0.842. The second kappa shape index (κ2) is 40.9. The topological polar surface area (TPSA) is 425 Å². The van der Waals surface area contributed by atoms with Gasteiger partial charge in [-0.3, -0.25) is 35.1 Å². The Morgan fingerprint density at radius 2 is 0.808 bits per heavy atom. The number of carbonyl (C=O) groups is 7. The lowest BCUT2D eigenvalue weighted by molar-refractivity contribution is -0.156. The molecule has 1 aromatic heterocycles. The van der Waals surface area contributed by atoms with Gasteiger partial charge in [0.1, 0.15) is 57.1 Å². The van der Waals surface area contributed by atoms with Crippen molar-refractivity contribution in [1.82, 2.24) is 25.7 Å². The minimum atomic E-state index is -4.64. The fraction of sp³-hybridized carbons (Fsp3) is 0.640. The molecule has 6 saturated carbocycles. The van der Waals surface area contributed by atoms with Gasteiger partial charge in [0.05, 0.1) is 17.4 Å². The summed E-state index contributed by atoms with van der Waals surface area (Å²) in [6.07, 6.45) is 7.22. The third-order valence-electron chi connectivity index (χ3n) is 24.7. The van der Waals surface area contributed by atoms with E-state index < -0.39 is 59.5 Å². The number of Topliss-reactive ketones (excluding diaryl/α,β-unsaturated/α-hetero) is 3. The number of carbonyl (C=O) groups excluding carboxylic acids is 7. The maximum Gasteiger partial charge on any atom is 0.446 e. The number of phenolic OH excluding ortho intramolecular Hbond substituents is 6. The zero-order valence-electron chi connectivity index (χ0n) is 73.0. The first-order valence-corrected chi connectivity index (χ1v) is 41.5. The lowest BCUT2D eigenvalue weighted by Gasteiger charge is -2.60. The number of hydrogen-bond acceptors (Lipinski definition) is 20. The summed E-state index contributed by atoms with van der Waals surface area (Å²) in [5, 5.41) is 71.4. The first kappa shape index (κ1) is 104. The summed E-state index contributed by atoms with van der Waals surface area (Å²) in [7, 11) is 0. The van der Waals surface area contributed by atoms with Crippen molar-refractivity contribution in [3.05, 3.63) is 96.3 Å². The van der Waals surface area contributed by atoms with E-state index in [4.69, 9.17) is 64.4 Å². The molecule has 3 aromatic carbocycles. The number of aromatic nitrogens is 2. The van der Waals surface area contributed by atoms with E-state index >= 15 is 0 Å². The van der Waals surface area contributed by atoms with Crippen molar-refractivity contribution in [3.63, 3.8) is 0 Å². The van der Waals surface area contributed by atoms with Gasteiger partial charge in [0.15, 0.2) is 23.3 Å². The van der Waals surface area contributed by atoms with Crippen molar-refractivity contribution in [2.45, 2.75) is 271 Å². The van der Waals surface area contributed by atoms with Crippen LogP contribution in [0.4, 0.5) is 27.6 Å². The third-order valence-corrected chi connectivity index (χ3v) is 24.7. The molecule has 1 heterocycles. The Hall–Kier alpha value is -8.83. The number of halogens is 5. The summed E-state index contributed by atoms with van der Waals surface area (Å²) in [5.41, 5.74) is 16.3. The highest BCUT2D eigenvalue weighted by Crippen LogP contribution is 2.65. The molecular weight excluding hydrogens is 1590 g/mol. The molecule has 0 bridgehead atoms. The van der Waals surface area contributed by atoms with Gasteiger partial charge in [-0.1, -0.05) is 116 Å². The van der Waals surface area contributed by atoms with Gasteiger partial charge in [0, 0.05) is 71.1 Å². The number of guanidine groups is 2. The number of benzene rings is 3. The van der Waals surface area contributed by atoms with Gasteiger partial charge in [-0.05, 0) is 231 Å². The van der Waals surface area contributed by atoms with Crippen LogP contribution in [0.15, 0.2) is 89.6 Å². The summed E-state index contributed by atoms with van der Waals surface area (Å²) >= 11 is 9.53. The smallest absolute Gasteiger partial charge is 0.446 e. The zero-order chi connectivity index (χ0) is 90.6. The van der Waals surface area contributed by atoms with Crippen molar-refractivity contribution >= 4 is 82.9 Å². The van der Waals surface area contributed by atoms with E-state index in [1.165, 1.54) is 65.7 Å². The number of nitrogens with two attached hydrogens (primary N) is 3. The van der Waals surface area contributed by atoms with E-state index in [0.29, 0.717) is 35.2 Å². The molecule has 26 nitrogen and oxygen atoms in total. The number of aldehydes is 1. The van der Waals surface area contributed by atoms with Gasteiger partial charge >= 0.3 is 24.5 Å². The number of ketones is 3. The van der Waals surface area contributed by atoms with Gasteiger partial charge in [0.2, 0.25) is 12.2 Å². The number of fused-ring (bicyclic) bond motifs is 3. The maximum atomic E-state index is 14.2. The molecule has 10 rings (SSSR count). The molecule has 3 amide bonds. The van der Waals surface area contributed by atoms with Crippen LogP contribution in [0, 0.1) is 85.8 Å². The number of amides is 3. The van der Waals surface area contributed by atoms with E-state index in [2.05, 4.69) is 102 Å². The summed E-state index contributed by atoms with van der Waals surface area (Å²) in [5.74, 6) is -1.19. The number of nitrogens with one attached hydrogen (secondary N) is 3. The Kier molecular flexibility index (Phi) is 35.3. The molecule has 31 heteroatoms. The van der Waals surface area contributed by atoms with Crippen LogP contribution in [0.5, 0.6) is 34.5 Å². The molecule has 120 heavy (non-hydrogen) atoms. The lowest BCUT2D eigenvalue weighted by atomic mass is 9.45. The number of ether oxygens (including phenoxy) is 3. The normalized spacial score (nSPS) is 27.4. The summed E-state index contributed by atoms with van der Waals surface area (Å²) in [4.78, 5) is 96.2. The van der Waals surface area contributed by atoms with Crippen molar-refractivity contribution in [2.24, 2.45) is 113 Å². The molecule has 672 valence electrons. The average molecular weight is 1730 g/mol. The Bertz CT molecular complexity index is 4170. The second-order valence-corrected chi connectivity index (χ2v) is 39.4.